The molecule has 110 valence electrons. The van der Waals surface area contributed by atoms with Crippen molar-refractivity contribution < 1.29 is 9.59 Å². The highest BCUT2D eigenvalue weighted by molar-refractivity contribution is 8.00. The third-order valence-corrected chi connectivity index (χ3v) is 3.59. The summed E-state index contributed by atoms with van der Waals surface area (Å²) in [7, 11) is 1.45. The fourth-order valence-electron chi connectivity index (χ4n) is 1.51. The zero-order valence-electron chi connectivity index (χ0n) is 11.6. The van der Waals surface area contributed by atoms with E-state index in [1.54, 1.807) is 6.92 Å². The number of imide groups is 1. The third-order valence-electron chi connectivity index (χ3n) is 2.63. The summed E-state index contributed by atoms with van der Waals surface area (Å²) in [6.07, 6.45) is 0. The average Bonchev–Trinajstić information content (AvgIpc) is 2.96. The van der Waals surface area contributed by atoms with E-state index in [0.717, 1.165) is 5.56 Å². The highest BCUT2D eigenvalue weighted by Crippen LogP contribution is 2.22. The van der Waals surface area contributed by atoms with Crippen LogP contribution >= 0.6 is 11.8 Å². The molecule has 0 aliphatic carbocycles. The summed E-state index contributed by atoms with van der Waals surface area (Å²) in [6, 6.07) is 9.02. The Balaban J connectivity index is 1.99. The van der Waals surface area contributed by atoms with Crippen molar-refractivity contribution in [2.24, 2.45) is 0 Å². The number of carbonyl (C=O) groups excluding carboxylic acids is 2. The Morgan fingerprint density at radius 3 is 2.67 bits per heavy atom. The molecule has 0 bridgehead atoms. The molecular weight excluding hydrogens is 290 g/mol. The van der Waals surface area contributed by atoms with Crippen molar-refractivity contribution in [1.29, 1.82) is 0 Å². The van der Waals surface area contributed by atoms with E-state index in [1.165, 1.54) is 18.8 Å². The van der Waals surface area contributed by atoms with E-state index in [9.17, 15) is 9.59 Å². The van der Waals surface area contributed by atoms with Gasteiger partial charge in [-0.3, -0.25) is 15.2 Å². The fraction of sp³-hybridized carbons (Fsp3) is 0.231. The molecule has 7 nitrogen and oxygen atoms in total. The molecule has 21 heavy (non-hydrogen) atoms. The number of hydrogen-bond donors (Lipinski definition) is 3. The second-order valence-corrected chi connectivity index (χ2v) is 5.47. The lowest BCUT2D eigenvalue weighted by molar-refractivity contribution is -0.119. The Hall–Kier alpha value is -2.35. The Morgan fingerprint density at radius 2 is 2.00 bits per heavy atom. The van der Waals surface area contributed by atoms with Gasteiger partial charge < -0.3 is 5.32 Å². The summed E-state index contributed by atoms with van der Waals surface area (Å²) < 4.78 is 0. The lowest BCUT2D eigenvalue weighted by Crippen LogP contribution is -2.41. The second-order valence-electron chi connectivity index (χ2n) is 4.16. The molecule has 0 saturated heterocycles. The maximum Gasteiger partial charge on any atom is 0.321 e. The van der Waals surface area contributed by atoms with E-state index in [0.29, 0.717) is 11.0 Å². The van der Waals surface area contributed by atoms with Crippen molar-refractivity contribution in [2.75, 3.05) is 7.05 Å². The molecule has 0 fully saturated rings. The largest absolute Gasteiger partial charge is 0.341 e. The first-order chi connectivity index (χ1) is 10.1. The molecule has 1 aromatic carbocycles. The molecule has 0 saturated carbocycles. The first-order valence-corrected chi connectivity index (χ1v) is 7.15. The summed E-state index contributed by atoms with van der Waals surface area (Å²) in [4.78, 5) is 27.1. The summed E-state index contributed by atoms with van der Waals surface area (Å²) in [6.45, 7) is 1.68. The monoisotopic (exact) mass is 305 g/mol. The molecule has 0 spiro atoms. The van der Waals surface area contributed by atoms with Gasteiger partial charge in [0.05, 0.1) is 5.25 Å². The molecule has 3 amide bonds. The van der Waals surface area contributed by atoms with E-state index >= 15 is 0 Å². The van der Waals surface area contributed by atoms with Crippen molar-refractivity contribution in [3.63, 3.8) is 0 Å². The Labute approximate surface area is 125 Å². The smallest absolute Gasteiger partial charge is 0.321 e. The number of rotatable bonds is 4. The molecule has 2 aromatic rings. The number of carbonyl (C=O) groups is 2. The molecule has 0 radical (unpaired) electrons. The van der Waals surface area contributed by atoms with Gasteiger partial charge in [0, 0.05) is 12.6 Å². The summed E-state index contributed by atoms with van der Waals surface area (Å²) >= 11 is 1.17. The van der Waals surface area contributed by atoms with E-state index < -0.39 is 17.2 Å². The number of hydrogen-bond acceptors (Lipinski definition) is 5. The number of aromatic amines is 1. The molecule has 1 atom stereocenters. The van der Waals surface area contributed by atoms with Crippen LogP contribution in [0.15, 0.2) is 35.5 Å². The minimum atomic E-state index is -0.535. The number of nitrogens with one attached hydrogen (secondary N) is 3. The Bertz CT molecular complexity index is 629. The number of H-pyrrole nitrogens is 1. The van der Waals surface area contributed by atoms with Crippen molar-refractivity contribution in [1.82, 2.24) is 25.8 Å². The van der Waals surface area contributed by atoms with Crippen molar-refractivity contribution in [3.8, 4) is 11.4 Å². The van der Waals surface area contributed by atoms with Crippen LogP contribution in [-0.2, 0) is 4.79 Å². The maximum absolute atomic E-state index is 11.7. The number of amides is 3. The van der Waals surface area contributed by atoms with Crippen molar-refractivity contribution in [3.05, 3.63) is 30.3 Å². The highest BCUT2D eigenvalue weighted by Gasteiger charge is 2.18. The maximum atomic E-state index is 11.7. The zero-order chi connectivity index (χ0) is 15.2. The van der Waals surface area contributed by atoms with Crippen molar-refractivity contribution >= 4 is 23.7 Å². The van der Waals surface area contributed by atoms with Gasteiger partial charge >= 0.3 is 6.03 Å². The summed E-state index contributed by atoms with van der Waals surface area (Å²) in [5.74, 6) is 0.238. The van der Waals surface area contributed by atoms with Crippen LogP contribution in [0, 0.1) is 0 Å². The number of nitrogens with zero attached hydrogens (tertiary/aromatic N) is 2. The van der Waals surface area contributed by atoms with Crippen LogP contribution in [0.4, 0.5) is 4.79 Å². The number of thioether (sulfide) groups is 1. The van der Waals surface area contributed by atoms with E-state index in [2.05, 4.69) is 25.8 Å². The van der Waals surface area contributed by atoms with Gasteiger partial charge in [-0.2, -0.15) is 0 Å². The summed E-state index contributed by atoms with van der Waals surface area (Å²) in [5, 5.41) is 11.4. The van der Waals surface area contributed by atoms with Gasteiger partial charge in [-0.15, -0.1) is 5.10 Å². The molecule has 0 aliphatic heterocycles. The number of urea groups is 1. The normalized spacial score (nSPS) is 11.7. The van der Waals surface area contributed by atoms with Gasteiger partial charge in [0.25, 0.3) is 0 Å². The molecule has 8 heteroatoms. The molecule has 0 unspecified atom stereocenters. The standard InChI is InChI=1S/C13H15N5O2S/c1-8(11(19)16-12(20)14-2)21-13-15-10(17-18-13)9-6-4-3-5-7-9/h3-8H,1-2H3,(H,15,17,18)(H2,14,16,19,20)/t8-/m0/s1. The van der Waals surface area contributed by atoms with Crippen LogP contribution in [0.3, 0.4) is 0 Å². The van der Waals surface area contributed by atoms with Gasteiger partial charge in [-0.25, -0.2) is 9.78 Å². The predicted molar refractivity (Wildman–Crippen MR) is 79.7 cm³/mol. The average molecular weight is 305 g/mol. The SMILES string of the molecule is CNC(=O)NC(=O)[C@H](C)Sc1n[nH]c(-c2ccccc2)n1. The first kappa shape index (κ1) is 15.0. The highest BCUT2D eigenvalue weighted by atomic mass is 32.2. The first-order valence-electron chi connectivity index (χ1n) is 6.27. The van der Waals surface area contributed by atoms with E-state index in [1.807, 2.05) is 30.3 Å². The molecule has 1 heterocycles. The van der Waals surface area contributed by atoms with Crippen LogP contribution in [0.25, 0.3) is 11.4 Å². The van der Waals surface area contributed by atoms with Crippen LogP contribution < -0.4 is 10.6 Å². The molecular formula is C13H15N5O2S. The minimum absolute atomic E-state index is 0.398. The van der Waals surface area contributed by atoms with Crippen LogP contribution in [-0.4, -0.2) is 39.4 Å². The predicted octanol–water partition coefficient (Wildman–Crippen LogP) is 1.41. The van der Waals surface area contributed by atoms with Gasteiger partial charge in [0.15, 0.2) is 5.82 Å². The minimum Gasteiger partial charge on any atom is -0.341 e. The summed E-state index contributed by atoms with van der Waals surface area (Å²) in [5.41, 5.74) is 0.916. The van der Waals surface area contributed by atoms with E-state index in [-0.39, 0.29) is 0 Å². The lowest BCUT2D eigenvalue weighted by atomic mass is 10.2. The third kappa shape index (κ3) is 4.06. The Kier molecular flexibility index (Phi) is 4.94. The lowest BCUT2D eigenvalue weighted by Gasteiger charge is -2.08. The van der Waals surface area contributed by atoms with Crippen LogP contribution in [0.1, 0.15) is 6.92 Å². The van der Waals surface area contributed by atoms with Crippen molar-refractivity contribution in [2.45, 2.75) is 17.3 Å². The molecule has 1 aromatic heterocycles. The second kappa shape index (κ2) is 6.89. The van der Waals surface area contributed by atoms with Gasteiger partial charge in [0.2, 0.25) is 11.1 Å². The van der Waals surface area contributed by atoms with Crippen LogP contribution in [0.5, 0.6) is 0 Å². The zero-order valence-corrected chi connectivity index (χ0v) is 12.4. The number of benzene rings is 1. The molecule has 2 rings (SSSR count). The Morgan fingerprint density at radius 1 is 1.29 bits per heavy atom. The molecule has 0 aliphatic rings. The van der Waals surface area contributed by atoms with Crippen LogP contribution in [0.2, 0.25) is 0 Å². The molecule has 3 N–H and O–H groups in total. The topological polar surface area (TPSA) is 99.8 Å². The van der Waals surface area contributed by atoms with Gasteiger partial charge in [-0.1, -0.05) is 42.1 Å². The van der Waals surface area contributed by atoms with Gasteiger partial charge in [0.1, 0.15) is 0 Å². The van der Waals surface area contributed by atoms with E-state index in [4.69, 9.17) is 0 Å². The van der Waals surface area contributed by atoms with Gasteiger partial charge in [-0.05, 0) is 6.92 Å². The quantitative estimate of drug-likeness (QED) is 0.742. The number of aromatic nitrogens is 3. The fourth-order valence-corrected chi connectivity index (χ4v) is 2.24.